The topological polar surface area (TPSA) is 87.2 Å². The Balaban J connectivity index is 1.57. The van der Waals surface area contributed by atoms with Crippen molar-refractivity contribution >= 4 is 28.4 Å². The average molecular weight is 366 g/mol. The van der Waals surface area contributed by atoms with Crippen LogP contribution in [0.1, 0.15) is 69.7 Å². The SMILES string of the molecule is CC(C)c1nnc(NC(=O)[C@@H]2CCCN2C(=O)NC2CCCCC2)s1. The van der Waals surface area contributed by atoms with Crippen LogP contribution in [0.15, 0.2) is 0 Å². The predicted octanol–water partition coefficient (Wildman–Crippen LogP) is 3.11. The third-order valence-corrected chi connectivity index (χ3v) is 6.05. The molecule has 1 aliphatic carbocycles. The van der Waals surface area contributed by atoms with Crippen molar-refractivity contribution in [1.29, 1.82) is 0 Å². The maximum Gasteiger partial charge on any atom is 0.318 e. The van der Waals surface area contributed by atoms with Gasteiger partial charge in [0, 0.05) is 18.5 Å². The summed E-state index contributed by atoms with van der Waals surface area (Å²) in [4.78, 5) is 26.9. The number of nitrogens with one attached hydrogen (secondary N) is 2. The molecule has 3 rings (SSSR count). The Labute approximate surface area is 152 Å². The highest BCUT2D eigenvalue weighted by atomic mass is 32.1. The molecule has 1 aromatic heterocycles. The highest BCUT2D eigenvalue weighted by Gasteiger charge is 2.35. The molecular formula is C17H27N5O2S. The molecule has 3 amide bonds. The molecule has 0 unspecified atom stereocenters. The van der Waals surface area contributed by atoms with Crippen LogP contribution < -0.4 is 10.6 Å². The molecule has 2 aliphatic rings. The van der Waals surface area contributed by atoms with E-state index >= 15 is 0 Å². The second-order valence-electron chi connectivity index (χ2n) is 7.23. The van der Waals surface area contributed by atoms with Crippen molar-refractivity contribution in [3.8, 4) is 0 Å². The summed E-state index contributed by atoms with van der Waals surface area (Å²) in [6, 6.07) is -0.276. The Bertz CT molecular complexity index is 612. The van der Waals surface area contributed by atoms with Crippen molar-refractivity contribution in [3.63, 3.8) is 0 Å². The van der Waals surface area contributed by atoms with Crippen LogP contribution in [-0.4, -0.2) is 45.7 Å². The van der Waals surface area contributed by atoms with E-state index < -0.39 is 6.04 Å². The smallest absolute Gasteiger partial charge is 0.318 e. The van der Waals surface area contributed by atoms with Gasteiger partial charge in [-0.1, -0.05) is 44.4 Å². The molecule has 2 heterocycles. The maximum atomic E-state index is 12.6. The number of aromatic nitrogens is 2. The molecule has 1 aliphatic heterocycles. The van der Waals surface area contributed by atoms with E-state index in [0.29, 0.717) is 18.1 Å². The van der Waals surface area contributed by atoms with Crippen LogP contribution in [0.4, 0.5) is 9.93 Å². The molecule has 0 bridgehead atoms. The normalized spacial score (nSPS) is 21.6. The molecule has 1 aromatic rings. The molecule has 8 heteroatoms. The third-order valence-electron chi connectivity index (χ3n) is 4.91. The van der Waals surface area contributed by atoms with Gasteiger partial charge >= 0.3 is 6.03 Å². The third kappa shape index (κ3) is 4.48. The van der Waals surface area contributed by atoms with Gasteiger partial charge in [0.1, 0.15) is 11.0 Å². The molecule has 2 fully saturated rings. The second kappa shape index (κ2) is 8.12. The Hall–Kier alpha value is -1.70. The van der Waals surface area contributed by atoms with E-state index in [1.807, 2.05) is 13.8 Å². The van der Waals surface area contributed by atoms with Crippen LogP contribution in [0.3, 0.4) is 0 Å². The minimum Gasteiger partial charge on any atom is -0.335 e. The monoisotopic (exact) mass is 365 g/mol. The molecule has 25 heavy (non-hydrogen) atoms. The fourth-order valence-corrected chi connectivity index (χ4v) is 4.24. The van der Waals surface area contributed by atoms with Gasteiger partial charge in [0.15, 0.2) is 0 Å². The molecule has 1 saturated heterocycles. The van der Waals surface area contributed by atoms with Crippen LogP contribution in [0, 0.1) is 0 Å². The van der Waals surface area contributed by atoms with Gasteiger partial charge in [0.05, 0.1) is 0 Å². The standard InChI is InChI=1S/C17H27N5O2S/c1-11(2)15-20-21-16(25-15)19-14(23)13-9-6-10-22(13)17(24)18-12-7-4-3-5-8-12/h11-13H,3-10H2,1-2H3,(H,18,24)(H,19,21,23)/t13-/m0/s1. The number of rotatable bonds is 4. The van der Waals surface area contributed by atoms with E-state index in [1.54, 1.807) is 4.90 Å². The van der Waals surface area contributed by atoms with E-state index in [4.69, 9.17) is 0 Å². The van der Waals surface area contributed by atoms with Crippen LogP contribution in [0.25, 0.3) is 0 Å². The minimum absolute atomic E-state index is 0.107. The molecule has 2 N–H and O–H groups in total. The summed E-state index contributed by atoms with van der Waals surface area (Å²) >= 11 is 1.39. The van der Waals surface area contributed by atoms with Crippen molar-refractivity contribution in [2.75, 3.05) is 11.9 Å². The van der Waals surface area contributed by atoms with Crippen LogP contribution in [0.2, 0.25) is 0 Å². The van der Waals surface area contributed by atoms with Crippen molar-refractivity contribution in [2.45, 2.75) is 76.8 Å². The van der Waals surface area contributed by atoms with Gasteiger partial charge in [0.25, 0.3) is 0 Å². The summed E-state index contributed by atoms with van der Waals surface area (Å²) in [6.45, 7) is 4.71. The Morgan fingerprint density at radius 1 is 1.12 bits per heavy atom. The highest BCUT2D eigenvalue weighted by Crippen LogP contribution is 2.25. The first-order chi connectivity index (χ1) is 12.0. The summed E-state index contributed by atoms with van der Waals surface area (Å²) in [6.07, 6.45) is 7.22. The second-order valence-corrected chi connectivity index (χ2v) is 8.23. The number of anilines is 1. The van der Waals surface area contributed by atoms with E-state index in [1.165, 1.54) is 30.6 Å². The zero-order valence-corrected chi connectivity index (χ0v) is 15.8. The predicted molar refractivity (Wildman–Crippen MR) is 97.8 cm³/mol. The number of hydrogen-bond donors (Lipinski definition) is 2. The van der Waals surface area contributed by atoms with E-state index in [9.17, 15) is 9.59 Å². The van der Waals surface area contributed by atoms with Gasteiger partial charge in [-0.05, 0) is 25.7 Å². The van der Waals surface area contributed by atoms with Gasteiger partial charge in [0.2, 0.25) is 11.0 Å². The fraction of sp³-hybridized carbons (Fsp3) is 0.765. The number of amides is 3. The summed E-state index contributed by atoms with van der Waals surface area (Å²) in [5.41, 5.74) is 0. The molecule has 0 radical (unpaired) electrons. The van der Waals surface area contributed by atoms with Crippen LogP contribution >= 0.6 is 11.3 Å². The number of urea groups is 1. The van der Waals surface area contributed by atoms with Crippen molar-refractivity contribution < 1.29 is 9.59 Å². The number of nitrogens with zero attached hydrogens (tertiary/aromatic N) is 3. The van der Waals surface area contributed by atoms with E-state index in [-0.39, 0.29) is 23.9 Å². The van der Waals surface area contributed by atoms with E-state index in [2.05, 4.69) is 20.8 Å². The lowest BCUT2D eigenvalue weighted by Gasteiger charge is -2.28. The molecule has 1 atom stereocenters. The van der Waals surface area contributed by atoms with E-state index in [0.717, 1.165) is 24.3 Å². The molecule has 0 spiro atoms. The largest absolute Gasteiger partial charge is 0.335 e. The van der Waals surface area contributed by atoms with Crippen molar-refractivity contribution in [3.05, 3.63) is 5.01 Å². The summed E-state index contributed by atoms with van der Waals surface area (Å²) < 4.78 is 0. The zero-order valence-electron chi connectivity index (χ0n) is 15.0. The van der Waals surface area contributed by atoms with Gasteiger partial charge < -0.3 is 10.2 Å². The van der Waals surface area contributed by atoms with Gasteiger partial charge in [-0.3, -0.25) is 10.1 Å². The maximum absolute atomic E-state index is 12.6. The number of hydrogen-bond acceptors (Lipinski definition) is 5. The summed E-state index contributed by atoms with van der Waals surface area (Å²) in [5.74, 6) is 0.121. The molecule has 1 saturated carbocycles. The first-order valence-electron chi connectivity index (χ1n) is 9.26. The quantitative estimate of drug-likeness (QED) is 0.858. The van der Waals surface area contributed by atoms with Gasteiger partial charge in [-0.2, -0.15) is 0 Å². The zero-order chi connectivity index (χ0) is 17.8. The Kier molecular flexibility index (Phi) is 5.88. The van der Waals surface area contributed by atoms with Gasteiger partial charge in [-0.15, -0.1) is 10.2 Å². The lowest BCUT2D eigenvalue weighted by Crippen LogP contribution is -2.50. The first kappa shape index (κ1) is 18.1. The molecular weight excluding hydrogens is 338 g/mol. The lowest BCUT2D eigenvalue weighted by molar-refractivity contribution is -0.119. The Morgan fingerprint density at radius 3 is 2.56 bits per heavy atom. The van der Waals surface area contributed by atoms with Gasteiger partial charge in [-0.25, -0.2) is 4.79 Å². The lowest BCUT2D eigenvalue weighted by atomic mass is 9.96. The average Bonchev–Trinajstić information content (AvgIpc) is 3.25. The van der Waals surface area contributed by atoms with Crippen molar-refractivity contribution in [1.82, 2.24) is 20.4 Å². The molecule has 0 aromatic carbocycles. The first-order valence-corrected chi connectivity index (χ1v) is 10.1. The van der Waals surface area contributed by atoms with Crippen LogP contribution in [-0.2, 0) is 4.79 Å². The van der Waals surface area contributed by atoms with Crippen LogP contribution in [0.5, 0.6) is 0 Å². The highest BCUT2D eigenvalue weighted by molar-refractivity contribution is 7.15. The fourth-order valence-electron chi connectivity index (χ4n) is 3.49. The van der Waals surface area contributed by atoms with Crippen molar-refractivity contribution in [2.24, 2.45) is 0 Å². The molecule has 7 nitrogen and oxygen atoms in total. The minimum atomic E-state index is -0.421. The number of carbonyl (C=O) groups excluding carboxylic acids is 2. The number of carbonyl (C=O) groups is 2. The number of likely N-dealkylation sites (tertiary alicyclic amines) is 1. The summed E-state index contributed by atoms with van der Waals surface area (Å²) in [5, 5.41) is 15.5. The molecule has 138 valence electrons. The summed E-state index contributed by atoms with van der Waals surface area (Å²) in [7, 11) is 0. The Morgan fingerprint density at radius 2 is 1.88 bits per heavy atom.